The molecule has 0 spiro atoms. The van der Waals surface area contributed by atoms with Crippen LogP contribution >= 0.6 is 11.6 Å². The summed E-state index contributed by atoms with van der Waals surface area (Å²) in [6, 6.07) is 18.2. The first kappa shape index (κ1) is 19.8. The molecular weight excluding hydrogens is 408 g/mol. The number of imidazole rings is 1. The number of rotatable bonds is 4. The lowest BCUT2D eigenvalue weighted by atomic mass is 9.85. The quantitative estimate of drug-likeness (QED) is 0.403. The minimum absolute atomic E-state index is 0.311. The number of fused-ring (bicyclic) bond motifs is 1. The molecular formula is C24H25ClN6. The largest absolute Gasteiger partial charge is 0.382 e. The Hall–Kier alpha value is -3.09. The average Bonchev–Trinajstić information content (AvgIpc) is 3.19. The van der Waals surface area contributed by atoms with Crippen LogP contribution in [0.1, 0.15) is 37.3 Å². The van der Waals surface area contributed by atoms with Crippen LogP contribution in [0.5, 0.6) is 0 Å². The number of nitrogen functional groups attached to an aromatic ring is 1. The van der Waals surface area contributed by atoms with Gasteiger partial charge in [0.05, 0.1) is 17.6 Å². The summed E-state index contributed by atoms with van der Waals surface area (Å²) < 4.78 is 1.78. The highest BCUT2D eigenvalue weighted by atomic mass is 35.5. The smallest absolute Gasteiger partial charge is 0.177 e. The van der Waals surface area contributed by atoms with E-state index in [9.17, 15) is 0 Å². The molecule has 5 N–H and O–H groups in total. The first-order valence-corrected chi connectivity index (χ1v) is 11.0. The molecule has 0 unspecified atom stereocenters. The number of hydrogen-bond acceptors (Lipinski definition) is 5. The van der Waals surface area contributed by atoms with Gasteiger partial charge < -0.3 is 16.8 Å². The van der Waals surface area contributed by atoms with Crippen molar-refractivity contribution in [3.63, 3.8) is 0 Å². The van der Waals surface area contributed by atoms with E-state index in [1.165, 1.54) is 0 Å². The fourth-order valence-corrected chi connectivity index (χ4v) is 4.51. The highest BCUT2D eigenvalue weighted by Crippen LogP contribution is 2.33. The molecule has 1 aliphatic rings. The van der Waals surface area contributed by atoms with Gasteiger partial charge in [0.2, 0.25) is 0 Å². The maximum Gasteiger partial charge on any atom is 0.177 e. The third kappa shape index (κ3) is 4.22. The molecule has 0 saturated heterocycles. The summed E-state index contributed by atoms with van der Waals surface area (Å²) in [5, 5.41) is 8.63. The molecule has 1 aliphatic carbocycles. The molecule has 1 saturated carbocycles. The number of aromatic nitrogens is 3. The summed E-state index contributed by atoms with van der Waals surface area (Å²) in [4.78, 5) is 4.91. The van der Waals surface area contributed by atoms with Gasteiger partial charge in [-0.15, -0.1) is 5.10 Å². The van der Waals surface area contributed by atoms with Gasteiger partial charge >= 0.3 is 0 Å². The normalized spacial score (nSPS) is 18.9. The summed E-state index contributed by atoms with van der Waals surface area (Å²) in [7, 11) is 0. The Labute approximate surface area is 186 Å². The van der Waals surface area contributed by atoms with Crippen molar-refractivity contribution in [1.82, 2.24) is 14.6 Å². The van der Waals surface area contributed by atoms with Gasteiger partial charge in [-0.1, -0.05) is 35.9 Å². The van der Waals surface area contributed by atoms with Crippen LogP contribution in [0.25, 0.3) is 16.8 Å². The van der Waals surface area contributed by atoms with Crippen molar-refractivity contribution >= 4 is 34.4 Å². The van der Waals surface area contributed by atoms with Crippen LogP contribution in [0.15, 0.2) is 60.8 Å². The summed E-state index contributed by atoms with van der Waals surface area (Å²) in [5.74, 6) is 0.859. The van der Waals surface area contributed by atoms with E-state index in [-0.39, 0.29) is 0 Å². The minimum Gasteiger partial charge on any atom is -0.382 e. The lowest BCUT2D eigenvalue weighted by Gasteiger charge is -2.24. The van der Waals surface area contributed by atoms with Crippen LogP contribution in [0.2, 0.25) is 5.02 Å². The Bertz CT molecular complexity index is 1230. The Morgan fingerprint density at radius 2 is 1.71 bits per heavy atom. The zero-order valence-corrected chi connectivity index (χ0v) is 17.9. The van der Waals surface area contributed by atoms with Gasteiger partial charge in [0.1, 0.15) is 5.82 Å². The van der Waals surface area contributed by atoms with Gasteiger partial charge in [-0.05, 0) is 61.1 Å². The third-order valence-electron chi connectivity index (χ3n) is 5.95. The molecule has 0 aliphatic heterocycles. The molecule has 0 bridgehead atoms. The molecule has 0 radical (unpaired) electrons. The first-order chi connectivity index (χ1) is 15.0. The molecule has 2 aromatic heterocycles. The van der Waals surface area contributed by atoms with Gasteiger partial charge in [0.25, 0.3) is 0 Å². The maximum absolute atomic E-state index is 6.17. The number of hydrogen-bond donors (Lipinski definition) is 3. The van der Waals surface area contributed by atoms with E-state index in [0.717, 1.165) is 59.5 Å². The second-order valence-electron chi connectivity index (χ2n) is 8.24. The molecule has 31 heavy (non-hydrogen) atoms. The second-order valence-corrected chi connectivity index (χ2v) is 8.68. The highest BCUT2D eigenvalue weighted by molar-refractivity contribution is 6.30. The van der Waals surface area contributed by atoms with Crippen molar-refractivity contribution in [3.8, 4) is 11.1 Å². The lowest BCUT2D eigenvalue weighted by molar-refractivity contribution is 0.391. The summed E-state index contributed by atoms with van der Waals surface area (Å²) >= 11 is 6.17. The number of anilines is 3. The number of halogens is 1. The number of nitrogens with two attached hydrogens (primary N) is 2. The van der Waals surface area contributed by atoms with E-state index in [0.29, 0.717) is 22.8 Å². The number of nitrogens with one attached hydrogen (secondary N) is 1. The van der Waals surface area contributed by atoms with Crippen LogP contribution in [-0.2, 0) is 0 Å². The van der Waals surface area contributed by atoms with E-state index in [1.54, 1.807) is 4.52 Å². The molecule has 7 heteroatoms. The van der Waals surface area contributed by atoms with Crippen molar-refractivity contribution in [3.05, 3.63) is 71.5 Å². The van der Waals surface area contributed by atoms with Gasteiger partial charge in [-0.2, -0.15) is 0 Å². The molecule has 0 atom stereocenters. The molecule has 2 aromatic carbocycles. The lowest BCUT2D eigenvalue weighted by Crippen LogP contribution is -2.25. The van der Waals surface area contributed by atoms with Gasteiger partial charge in [0, 0.05) is 28.7 Å². The van der Waals surface area contributed by atoms with Crippen LogP contribution in [-0.4, -0.2) is 20.6 Å². The summed E-state index contributed by atoms with van der Waals surface area (Å²) in [6.45, 7) is 0. The van der Waals surface area contributed by atoms with Crippen molar-refractivity contribution in [2.75, 3.05) is 11.1 Å². The molecule has 158 valence electrons. The van der Waals surface area contributed by atoms with Crippen LogP contribution < -0.4 is 16.8 Å². The molecule has 2 heterocycles. The predicted octanol–water partition coefficient (Wildman–Crippen LogP) is 5.36. The Morgan fingerprint density at radius 1 is 0.968 bits per heavy atom. The Morgan fingerprint density at radius 3 is 2.48 bits per heavy atom. The monoisotopic (exact) mass is 432 g/mol. The fraction of sp³-hybridized carbons (Fsp3) is 0.250. The standard InChI is InChI=1S/C24H25ClN6/c25-18-5-1-3-16(11-18)17-4-2-6-20(12-17)28-21-13-23(27)30-31-14-22(29-24(21)31)15-7-9-19(26)10-8-15/h1-6,11-15,19,28H,7-10,26H2,(H2,27,30). The van der Waals surface area contributed by atoms with E-state index in [1.807, 2.05) is 48.7 Å². The highest BCUT2D eigenvalue weighted by Gasteiger charge is 2.23. The van der Waals surface area contributed by atoms with Crippen molar-refractivity contribution in [1.29, 1.82) is 0 Å². The summed E-state index contributed by atoms with van der Waals surface area (Å²) in [5.41, 5.74) is 17.9. The van der Waals surface area contributed by atoms with Crippen molar-refractivity contribution in [2.45, 2.75) is 37.6 Å². The molecule has 0 amide bonds. The average molecular weight is 433 g/mol. The van der Waals surface area contributed by atoms with Crippen LogP contribution in [0.4, 0.5) is 17.2 Å². The third-order valence-corrected chi connectivity index (χ3v) is 6.19. The van der Waals surface area contributed by atoms with E-state index in [2.05, 4.69) is 22.5 Å². The van der Waals surface area contributed by atoms with Gasteiger partial charge in [-0.3, -0.25) is 0 Å². The van der Waals surface area contributed by atoms with E-state index in [4.69, 9.17) is 28.1 Å². The second kappa shape index (κ2) is 8.21. The van der Waals surface area contributed by atoms with Crippen molar-refractivity contribution in [2.24, 2.45) is 5.73 Å². The number of benzene rings is 2. The predicted molar refractivity (Wildman–Crippen MR) is 127 cm³/mol. The van der Waals surface area contributed by atoms with Crippen molar-refractivity contribution < 1.29 is 0 Å². The van der Waals surface area contributed by atoms with E-state index >= 15 is 0 Å². The molecule has 6 nitrogen and oxygen atoms in total. The SMILES string of the molecule is Nc1cc(Nc2cccc(-c3cccc(Cl)c3)c2)c2nc(C3CCC(N)CC3)cn2n1. The molecule has 4 aromatic rings. The summed E-state index contributed by atoms with van der Waals surface area (Å²) in [6.07, 6.45) is 6.20. The topological polar surface area (TPSA) is 94.3 Å². The molecule has 1 fully saturated rings. The minimum atomic E-state index is 0.311. The van der Waals surface area contributed by atoms with Crippen LogP contribution in [0, 0.1) is 0 Å². The fourth-order valence-electron chi connectivity index (χ4n) is 4.32. The Balaban J connectivity index is 1.47. The number of nitrogens with zero attached hydrogens (tertiary/aromatic N) is 3. The zero-order chi connectivity index (χ0) is 21.4. The van der Waals surface area contributed by atoms with Crippen LogP contribution in [0.3, 0.4) is 0 Å². The Kier molecular flexibility index (Phi) is 5.26. The van der Waals surface area contributed by atoms with Gasteiger partial charge in [-0.25, -0.2) is 9.50 Å². The first-order valence-electron chi connectivity index (χ1n) is 10.6. The van der Waals surface area contributed by atoms with E-state index < -0.39 is 0 Å². The van der Waals surface area contributed by atoms with Gasteiger partial charge in [0.15, 0.2) is 5.65 Å². The maximum atomic E-state index is 6.17. The zero-order valence-electron chi connectivity index (χ0n) is 17.1. The molecule has 5 rings (SSSR count).